The lowest BCUT2D eigenvalue weighted by molar-refractivity contribution is 0.102. The van der Waals surface area contributed by atoms with E-state index in [-0.39, 0.29) is 16.7 Å². The quantitative estimate of drug-likeness (QED) is 0.617. The van der Waals surface area contributed by atoms with Crippen LogP contribution in [0.15, 0.2) is 59.6 Å². The Hall–Kier alpha value is -3.46. The number of rotatable bonds is 7. The van der Waals surface area contributed by atoms with Crippen LogP contribution in [-0.2, 0) is 9.84 Å². The third kappa shape index (κ3) is 4.57. The van der Waals surface area contributed by atoms with Crippen LogP contribution in [0.25, 0.3) is 11.3 Å². The summed E-state index contributed by atoms with van der Waals surface area (Å²) in [5, 5.41) is 10.6. The van der Waals surface area contributed by atoms with Gasteiger partial charge in [0.1, 0.15) is 0 Å². The van der Waals surface area contributed by atoms with Gasteiger partial charge in [0.15, 0.2) is 26.4 Å². The maximum Gasteiger partial charge on any atom is 0.255 e. The highest BCUT2D eigenvalue weighted by molar-refractivity contribution is 7.91. The van der Waals surface area contributed by atoms with E-state index in [1.807, 2.05) is 0 Å². The summed E-state index contributed by atoms with van der Waals surface area (Å²) in [6.45, 7) is 1.55. The van der Waals surface area contributed by atoms with Crippen LogP contribution < -0.4 is 14.8 Å². The van der Waals surface area contributed by atoms with Gasteiger partial charge < -0.3 is 14.8 Å². The van der Waals surface area contributed by atoms with Gasteiger partial charge in [-0.1, -0.05) is 19.1 Å². The second-order valence-electron chi connectivity index (χ2n) is 6.26. The molecule has 0 radical (unpaired) electrons. The zero-order valence-electron chi connectivity index (χ0n) is 16.7. The Morgan fingerprint density at radius 1 is 0.967 bits per heavy atom. The second-order valence-corrected chi connectivity index (χ2v) is 8.49. The van der Waals surface area contributed by atoms with E-state index in [0.29, 0.717) is 34.0 Å². The van der Waals surface area contributed by atoms with Crippen molar-refractivity contribution in [3.8, 4) is 22.8 Å². The number of benzene rings is 2. The minimum absolute atomic E-state index is 0.0430. The fourth-order valence-corrected chi connectivity index (χ4v) is 3.46. The first-order chi connectivity index (χ1) is 14.4. The third-order valence-electron chi connectivity index (χ3n) is 4.40. The van der Waals surface area contributed by atoms with Gasteiger partial charge in [-0.2, -0.15) is 0 Å². The van der Waals surface area contributed by atoms with E-state index >= 15 is 0 Å². The molecule has 0 saturated heterocycles. The molecule has 1 amide bonds. The SMILES string of the molecule is CCS(=O)(=O)c1ccc(-c2cccc(NC(=O)c3ccc(OC)c(OC)c3)c2)nn1. The summed E-state index contributed by atoms with van der Waals surface area (Å²) in [4.78, 5) is 12.6. The number of methoxy groups -OCH3 is 2. The zero-order chi connectivity index (χ0) is 21.7. The minimum Gasteiger partial charge on any atom is -0.493 e. The molecule has 30 heavy (non-hydrogen) atoms. The lowest BCUT2D eigenvalue weighted by atomic mass is 10.1. The van der Waals surface area contributed by atoms with Crippen LogP contribution in [0.3, 0.4) is 0 Å². The van der Waals surface area contributed by atoms with E-state index in [1.165, 1.54) is 20.3 Å². The van der Waals surface area contributed by atoms with Crippen LogP contribution in [0.4, 0.5) is 5.69 Å². The van der Waals surface area contributed by atoms with E-state index in [0.717, 1.165) is 0 Å². The van der Waals surface area contributed by atoms with E-state index < -0.39 is 9.84 Å². The summed E-state index contributed by atoms with van der Waals surface area (Å²) in [6, 6.07) is 14.9. The molecule has 0 atom stereocenters. The van der Waals surface area contributed by atoms with E-state index in [1.54, 1.807) is 55.5 Å². The third-order valence-corrected chi connectivity index (χ3v) is 6.02. The number of sulfone groups is 1. The summed E-state index contributed by atoms with van der Waals surface area (Å²) in [7, 11) is -0.387. The number of ether oxygens (including phenoxy) is 2. The molecule has 1 heterocycles. The molecule has 2 aromatic carbocycles. The number of nitrogens with zero attached hydrogens (tertiary/aromatic N) is 2. The van der Waals surface area contributed by atoms with E-state index in [2.05, 4.69) is 15.5 Å². The van der Waals surface area contributed by atoms with Crippen molar-refractivity contribution < 1.29 is 22.7 Å². The number of hydrogen-bond donors (Lipinski definition) is 1. The zero-order valence-corrected chi connectivity index (χ0v) is 17.6. The van der Waals surface area contributed by atoms with Gasteiger partial charge in [0.05, 0.1) is 25.7 Å². The molecule has 0 aliphatic carbocycles. The molecular weight excluding hydrogens is 406 g/mol. The van der Waals surface area contributed by atoms with Crippen molar-refractivity contribution in [2.24, 2.45) is 0 Å². The van der Waals surface area contributed by atoms with Gasteiger partial charge in [-0.25, -0.2) is 8.42 Å². The number of amides is 1. The number of anilines is 1. The van der Waals surface area contributed by atoms with E-state index in [9.17, 15) is 13.2 Å². The number of nitrogens with one attached hydrogen (secondary N) is 1. The van der Waals surface area contributed by atoms with Crippen LogP contribution in [0.2, 0.25) is 0 Å². The molecule has 1 N–H and O–H groups in total. The van der Waals surface area contributed by atoms with Gasteiger partial charge in [-0.15, -0.1) is 10.2 Å². The lowest BCUT2D eigenvalue weighted by Gasteiger charge is -2.11. The molecule has 0 fully saturated rings. The Morgan fingerprint density at radius 2 is 1.73 bits per heavy atom. The van der Waals surface area contributed by atoms with Crippen LogP contribution in [0.5, 0.6) is 11.5 Å². The number of aromatic nitrogens is 2. The summed E-state index contributed by atoms with van der Waals surface area (Å²) in [5.74, 6) is 0.627. The van der Waals surface area contributed by atoms with Crippen LogP contribution in [0, 0.1) is 0 Å². The van der Waals surface area contributed by atoms with Gasteiger partial charge in [0.25, 0.3) is 5.91 Å². The predicted octanol–water partition coefficient (Wildman–Crippen LogP) is 3.21. The summed E-state index contributed by atoms with van der Waals surface area (Å²) < 4.78 is 34.2. The van der Waals surface area contributed by atoms with Gasteiger partial charge in [0, 0.05) is 16.8 Å². The molecule has 0 bridgehead atoms. The van der Waals surface area contributed by atoms with Gasteiger partial charge in [-0.3, -0.25) is 4.79 Å². The number of carbonyl (C=O) groups excluding carboxylic acids is 1. The normalized spacial score (nSPS) is 11.0. The molecule has 1 aromatic heterocycles. The predicted molar refractivity (Wildman–Crippen MR) is 113 cm³/mol. The van der Waals surface area contributed by atoms with Crippen LogP contribution in [0.1, 0.15) is 17.3 Å². The molecule has 8 nitrogen and oxygen atoms in total. The van der Waals surface area contributed by atoms with Gasteiger partial charge >= 0.3 is 0 Å². The first kappa shape index (κ1) is 21.3. The summed E-state index contributed by atoms with van der Waals surface area (Å²) in [5.41, 5.74) is 2.15. The average molecular weight is 427 g/mol. The van der Waals surface area contributed by atoms with Crippen molar-refractivity contribution in [2.45, 2.75) is 11.9 Å². The molecule has 3 rings (SSSR count). The number of carbonyl (C=O) groups is 1. The fourth-order valence-electron chi connectivity index (χ4n) is 2.72. The Labute approximate surface area is 174 Å². The fraction of sp³-hybridized carbons (Fsp3) is 0.190. The van der Waals surface area contributed by atoms with Crippen molar-refractivity contribution >= 4 is 21.4 Å². The summed E-state index contributed by atoms with van der Waals surface area (Å²) in [6.07, 6.45) is 0. The van der Waals surface area contributed by atoms with Crippen LogP contribution in [-0.4, -0.2) is 44.5 Å². The average Bonchev–Trinajstić information content (AvgIpc) is 2.78. The van der Waals surface area contributed by atoms with Crippen molar-refractivity contribution in [3.05, 3.63) is 60.2 Å². The van der Waals surface area contributed by atoms with Gasteiger partial charge in [-0.05, 0) is 42.5 Å². The second kappa shape index (κ2) is 8.91. The minimum atomic E-state index is -3.41. The Morgan fingerprint density at radius 3 is 2.37 bits per heavy atom. The molecule has 156 valence electrons. The topological polar surface area (TPSA) is 107 Å². The van der Waals surface area contributed by atoms with Crippen LogP contribution >= 0.6 is 0 Å². The van der Waals surface area contributed by atoms with Crippen molar-refractivity contribution in [1.29, 1.82) is 0 Å². The Balaban J connectivity index is 1.81. The highest BCUT2D eigenvalue weighted by atomic mass is 32.2. The van der Waals surface area contributed by atoms with Crippen molar-refractivity contribution in [1.82, 2.24) is 10.2 Å². The molecular formula is C21H21N3O5S. The molecule has 3 aromatic rings. The maximum atomic E-state index is 12.6. The largest absolute Gasteiger partial charge is 0.493 e. The molecule has 9 heteroatoms. The van der Waals surface area contributed by atoms with Gasteiger partial charge in [0.2, 0.25) is 0 Å². The Kier molecular flexibility index (Phi) is 6.31. The molecule has 0 aliphatic rings. The molecule has 0 spiro atoms. The summed E-state index contributed by atoms with van der Waals surface area (Å²) >= 11 is 0. The molecule has 0 unspecified atom stereocenters. The first-order valence-corrected chi connectivity index (χ1v) is 10.7. The smallest absolute Gasteiger partial charge is 0.255 e. The highest BCUT2D eigenvalue weighted by Crippen LogP contribution is 2.28. The highest BCUT2D eigenvalue weighted by Gasteiger charge is 2.15. The lowest BCUT2D eigenvalue weighted by Crippen LogP contribution is -2.12. The van der Waals surface area contributed by atoms with E-state index in [4.69, 9.17) is 9.47 Å². The van der Waals surface area contributed by atoms with Crippen molar-refractivity contribution in [2.75, 3.05) is 25.3 Å². The first-order valence-electron chi connectivity index (χ1n) is 9.08. The Bertz CT molecular complexity index is 1160. The molecule has 0 saturated carbocycles. The standard InChI is InChI=1S/C21H21N3O5S/c1-4-30(26,27)20-11-9-17(23-24-20)14-6-5-7-16(12-14)22-21(25)15-8-10-18(28-2)19(13-15)29-3/h5-13H,4H2,1-3H3,(H,22,25). The molecule has 0 aliphatic heterocycles. The monoisotopic (exact) mass is 427 g/mol. The van der Waals surface area contributed by atoms with Crippen molar-refractivity contribution in [3.63, 3.8) is 0 Å². The maximum absolute atomic E-state index is 12.6. The number of hydrogen-bond acceptors (Lipinski definition) is 7.